The summed E-state index contributed by atoms with van der Waals surface area (Å²) in [5.41, 5.74) is 3.22. The fourth-order valence-electron chi connectivity index (χ4n) is 2.48. The summed E-state index contributed by atoms with van der Waals surface area (Å²) in [6.45, 7) is 4.09. The fraction of sp³-hybridized carbons (Fsp3) is 0.350. The maximum Gasteiger partial charge on any atom is 0.411 e. The minimum Gasteiger partial charge on any atom is -0.448 e. The van der Waals surface area contributed by atoms with Crippen LogP contribution >= 0.6 is 0 Å². The van der Waals surface area contributed by atoms with Crippen molar-refractivity contribution in [2.75, 3.05) is 32.1 Å². The van der Waals surface area contributed by atoms with E-state index in [4.69, 9.17) is 4.74 Å². The summed E-state index contributed by atoms with van der Waals surface area (Å²) >= 11 is 0. The van der Waals surface area contributed by atoms with Gasteiger partial charge in [0, 0.05) is 12.2 Å². The number of rotatable bonds is 8. The average molecular weight is 326 g/mol. The molecule has 2 aromatic rings. The predicted octanol–water partition coefficient (Wildman–Crippen LogP) is 4.11. The average Bonchev–Trinajstić information content (AvgIpc) is 2.56. The molecule has 1 amide bonds. The zero-order valence-corrected chi connectivity index (χ0v) is 14.5. The second kappa shape index (κ2) is 9.73. The molecule has 24 heavy (non-hydrogen) atoms. The highest BCUT2D eigenvalue weighted by Gasteiger charge is 2.05. The van der Waals surface area contributed by atoms with Gasteiger partial charge < -0.3 is 9.64 Å². The van der Waals surface area contributed by atoms with Gasteiger partial charge in [0.25, 0.3) is 0 Å². The number of likely N-dealkylation sites (N-methyl/N-ethyl adjacent to an activating group) is 1. The van der Waals surface area contributed by atoms with Crippen LogP contribution in [-0.2, 0) is 11.2 Å². The number of nitrogens with one attached hydrogen (secondary N) is 1. The summed E-state index contributed by atoms with van der Waals surface area (Å²) in [4.78, 5) is 13.9. The summed E-state index contributed by atoms with van der Waals surface area (Å²) in [7, 11) is 2.05. The van der Waals surface area contributed by atoms with Crippen LogP contribution in [0.4, 0.5) is 10.5 Å². The van der Waals surface area contributed by atoms with E-state index in [0.717, 1.165) is 37.2 Å². The van der Waals surface area contributed by atoms with Gasteiger partial charge in [-0.25, -0.2) is 4.79 Å². The molecule has 0 unspecified atom stereocenters. The normalized spacial score (nSPS) is 10.6. The largest absolute Gasteiger partial charge is 0.448 e. The number of hydrogen-bond donors (Lipinski definition) is 1. The predicted molar refractivity (Wildman–Crippen MR) is 98.4 cm³/mol. The lowest BCUT2D eigenvalue weighted by molar-refractivity contribution is 0.146. The lowest BCUT2D eigenvalue weighted by atomic mass is 10.1. The van der Waals surface area contributed by atoms with Crippen molar-refractivity contribution in [1.29, 1.82) is 0 Å². The monoisotopic (exact) mass is 326 g/mol. The lowest BCUT2D eigenvalue weighted by Gasteiger charge is -2.16. The van der Waals surface area contributed by atoms with Crippen molar-refractivity contribution in [1.82, 2.24) is 4.90 Å². The first-order valence-electron chi connectivity index (χ1n) is 8.36. The molecular formula is C20H26N2O2. The number of aryl methyl sites for hydroxylation is 2. The quantitative estimate of drug-likeness (QED) is 0.794. The zero-order chi connectivity index (χ0) is 17.2. The molecule has 4 nitrogen and oxygen atoms in total. The Morgan fingerprint density at radius 1 is 1.08 bits per heavy atom. The van der Waals surface area contributed by atoms with Crippen LogP contribution in [0.1, 0.15) is 17.5 Å². The first-order valence-corrected chi connectivity index (χ1v) is 8.36. The van der Waals surface area contributed by atoms with Gasteiger partial charge in [-0.1, -0.05) is 42.5 Å². The second-order valence-corrected chi connectivity index (χ2v) is 6.02. The van der Waals surface area contributed by atoms with Crippen LogP contribution in [0, 0.1) is 6.92 Å². The van der Waals surface area contributed by atoms with E-state index in [2.05, 4.69) is 34.5 Å². The summed E-state index contributed by atoms with van der Waals surface area (Å²) in [5.74, 6) is 0. The minimum absolute atomic E-state index is 0.388. The number of ether oxygens (including phenoxy) is 1. The van der Waals surface area contributed by atoms with E-state index in [1.165, 1.54) is 5.56 Å². The van der Waals surface area contributed by atoms with Crippen molar-refractivity contribution < 1.29 is 9.53 Å². The molecule has 0 spiro atoms. The van der Waals surface area contributed by atoms with Crippen LogP contribution in [-0.4, -0.2) is 37.7 Å². The van der Waals surface area contributed by atoms with Gasteiger partial charge in [-0.2, -0.15) is 0 Å². The van der Waals surface area contributed by atoms with E-state index in [0.29, 0.717) is 6.61 Å². The lowest BCUT2D eigenvalue weighted by Crippen LogP contribution is -2.26. The van der Waals surface area contributed by atoms with Gasteiger partial charge in [-0.3, -0.25) is 5.32 Å². The van der Waals surface area contributed by atoms with Gasteiger partial charge in [-0.05, 0) is 56.6 Å². The third kappa shape index (κ3) is 6.84. The first-order chi connectivity index (χ1) is 11.6. The van der Waals surface area contributed by atoms with Gasteiger partial charge in [0.1, 0.15) is 6.61 Å². The van der Waals surface area contributed by atoms with E-state index in [-0.39, 0.29) is 0 Å². The van der Waals surface area contributed by atoms with E-state index in [1.54, 1.807) is 0 Å². The number of amides is 1. The second-order valence-electron chi connectivity index (χ2n) is 6.02. The molecule has 0 saturated carbocycles. The molecule has 2 aromatic carbocycles. The van der Waals surface area contributed by atoms with E-state index >= 15 is 0 Å². The van der Waals surface area contributed by atoms with Crippen molar-refractivity contribution in [2.24, 2.45) is 0 Å². The number of carbonyl (C=O) groups is 1. The Morgan fingerprint density at radius 2 is 1.88 bits per heavy atom. The van der Waals surface area contributed by atoms with Crippen molar-refractivity contribution in [3.05, 3.63) is 65.7 Å². The Labute approximate surface area is 144 Å². The molecule has 0 aliphatic rings. The number of carbonyl (C=O) groups excluding carboxylic acids is 1. The van der Waals surface area contributed by atoms with Crippen LogP contribution < -0.4 is 5.32 Å². The smallest absolute Gasteiger partial charge is 0.411 e. The van der Waals surface area contributed by atoms with Gasteiger partial charge >= 0.3 is 6.09 Å². The molecule has 0 aliphatic carbocycles. The van der Waals surface area contributed by atoms with E-state index < -0.39 is 6.09 Å². The maximum atomic E-state index is 11.8. The van der Waals surface area contributed by atoms with Crippen LogP contribution in [0.3, 0.4) is 0 Å². The van der Waals surface area contributed by atoms with Crippen LogP contribution in [0.2, 0.25) is 0 Å². The summed E-state index contributed by atoms with van der Waals surface area (Å²) in [5, 5.41) is 2.74. The summed E-state index contributed by atoms with van der Waals surface area (Å²) < 4.78 is 5.23. The van der Waals surface area contributed by atoms with Crippen molar-refractivity contribution in [3.63, 3.8) is 0 Å². The molecule has 0 bridgehead atoms. The molecule has 0 aliphatic heterocycles. The zero-order valence-electron chi connectivity index (χ0n) is 14.5. The topological polar surface area (TPSA) is 41.6 Å². The fourth-order valence-corrected chi connectivity index (χ4v) is 2.48. The molecule has 4 heteroatoms. The number of benzene rings is 2. The third-order valence-corrected chi connectivity index (χ3v) is 3.82. The Balaban J connectivity index is 1.58. The Bertz CT molecular complexity index is 629. The highest BCUT2D eigenvalue weighted by Crippen LogP contribution is 2.09. The molecule has 0 atom stereocenters. The molecule has 0 heterocycles. The summed E-state index contributed by atoms with van der Waals surface area (Å²) in [6.07, 6.45) is 1.76. The van der Waals surface area contributed by atoms with Crippen molar-refractivity contribution in [2.45, 2.75) is 19.8 Å². The van der Waals surface area contributed by atoms with Gasteiger partial charge in [0.15, 0.2) is 0 Å². The highest BCUT2D eigenvalue weighted by molar-refractivity contribution is 5.84. The van der Waals surface area contributed by atoms with Crippen LogP contribution in [0.5, 0.6) is 0 Å². The molecule has 0 fully saturated rings. The van der Waals surface area contributed by atoms with E-state index in [1.807, 2.05) is 44.3 Å². The minimum atomic E-state index is -0.404. The molecule has 0 radical (unpaired) electrons. The highest BCUT2D eigenvalue weighted by atomic mass is 16.5. The van der Waals surface area contributed by atoms with Crippen LogP contribution in [0.25, 0.3) is 0 Å². The maximum absolute atomic E-state index is 11.8. The SMILES string of the molecule is Cc1cccc(NC(=O)OCCN(C)CCCc2ccccc2)c1. The van der Waals surface area contributed by atoms with Crippen LogP contribution in [0.15, 0.2) is 54.6 Å². The molecular weight excluding hydrogens is 300 g/mol. The van der Waals surface area contributed by atoms with Gasteiger partial charge in [0.05, 0.1) is 0 Å². The van der Waals surface area contributed by atoms with Gasteiger partial charge in [-0.15, -0.1) is 0 Å². The Kier molecular flexibility index (Phi) is 7.30. The number of anilines is 1. The van der Waals surface area contributed by atoms with Crippen molar-refractivity contribution >= 4 is 11.8 Å². The Hall–Kier alpha value is -2.33. The standard InChI is InChI=1S/C20H26N2O2/c1-17-8-6-12-19(16-17)21-20(23)24-15-14-22(2)13-7-11-18-9-4-3-5-10-18/h3-6,8-10,12,16H,7,11,13-15H2,1-2H3,(H,21,23). The molecule has 1 N–H and O–H groups in total. The molecule has 0 saturated heterocycles. The molecule has 128 valence electrons. The van der Waals surface area contributed by atoms with E-state index in [9.17, 15) is 4.79 Å². The Morgan fingerprint density at radius 3 is 2.62 bits per heavy atom. The third-order valence-electron chi connectivity index (χ3n) is 3.82. The first kappa shape index (κ1) is 18.0. The molecule has 2 rings (SSSR count). The molecule has 0 aromatic heterocycles. The summed E-state index contributed by atoms with van der Waals surface area (Å²) in [6, 6.07) is 18.1. The number of nitrogens with zero attached hydrogens (tertiary/aromatic N) is 1. The van der Waals surface area contributed by atoms with Crippen molar-refractivity contribution in [3.8, 4) is 0 Å². The van der Waals surface area contributed by atoms with Gasteiger partial charge in [0.2, 0.25) is 0 Å². The number of hydrogen-bond acceptors (Lipinski definition) is 3.